The van der Waals surface area contributed by atoms with E-state index in [0.717, 1.165) is 11.2 Å². The molecule has 0 amide bonds. The van der Waals surface area contributed by atoms with Crippen molar-refractivity contribution in [3.8, 4) is 0 Å². The van der Waals surface area contributed by atoms with Gasteiger partial charge in [0.2, 0.25) is 0 Å². The first kappa shape index (κ1) is 7.54. The second kappa shape index (κ2) is 2.34. The third kappa shape index (κ3) is 1.02. The monoisotopic (exact) mass is 176 g/mol. The second-order valence-corrected chi connectivity index (χ2v) is 4.16. The van der Waals surface area contributed by atoms with E-state index in [0.29, 0.717) is 6.23 Å². The average Bonchev–Trinajstić information content (AvgIpc) is 2.79. The van der Waals surface area contributed by atoms with Gasteiger partial charge in [0.15, 0.2) is 0 Å². The first-order valence-electron chi connectivity index (χ1n) is 4.91. The number of quaternary nitrogens is 1. The van der Waals surface area contributed by atoms with Gasteiger partial charge in [0, 0.05) is 12.0 Å². The fourth-order valence-electron chi connectivity index (χ4n) is 2.31. The highest BCUT2D eigenvalue weighted by atomic mass is 16.9. The molecule has 3 rings (SSSR count). The van der Waals surface area contributed by atoms with Gasteiger partial charge in [0.25, 0.3) is 6.23 Å². The van der Waals surface area contributed by atoms with E-state index in [4.69, 9.17) is 4.84 Å². The lowest BCUT2D eigenvalue weighted by atomic mass is 10.0. The van der Waals surface area contributed by atoms with Crippen LogP contribution in [0.1, 0.15) is 23.8 Å². The number of benzene rings is 1. The summed E-state index contributed by atoms with van der Waals surface area (Å²) in [6, 6.07) is 8.66. The third-order valence-electron chi connectivity index (χ3n) is 3.16. The largest absolute Gasteiger partial charge is 0.300 e. The van der Waals surface area contributed by atoms with Crippen molar-refractivity contribution >= 4 is 0 Å². The highest BCUT2D eigenvalue weighted by Crippen LogP contribution is 2.48. The zero-order valence-corrected chi connectivity index (χ0v) is 7.86. The molecule has 0 spiro atoms. The molecule has 2 nitrogen and oxygen atoms in total. The number of rotatable bonds is 0. The fraction of sp³-hybridized carbons (Fsp3) is 0.455. The van der Waals surface area contributed by atoms with Gasteiger partial charge in [-0.1, -0.05) is 18.2 Å². The zero-order chi connectivity index (χ0) is 8.89. The van der Waals surface area contributed by atoms with Crippen LogP contribution < -0.4 is 0 Å². The number of hydrogen-bond donors (Lipinski definition) is 0. The molecule has 68 valence electrons. The Morgan fingerprint density at radius 3 is 3.15 bits per heavy atom. The number of fused-ring (bicyclic) bond motifs is 3. The van der Waals surface area contributed by atoms with Crippen LogP contribution in [0.15, 0.2) is 24.3 Å². The first-order valence-corrected chi connectivity index (χ1v) is 4.91. The van der Waals surface area contributed by atoms with Gasteiger partial charge in [-0.15, -0.1) is 9.48 Å². The van der Waals surface area contributed by atoms with E-state index in [1.165, 1.54) is 24.0 Å². The smallest absolute Gasteiger partial charge is 0.142 e. The van der Waals surface area contributed by atoms with E-state index in [1.807, 2.05) is 0 Å². The highest BCUT2D eigenvalue weighted by molar-refractivity contribution is 5.29. The Hall–Kier alpha value is -0.860. The van der Waals surface area contributed by atoms with Gasteiger partial charge in [0.05, 0.1) is 0 Å². The zero-order valence-electron chi connectivity index (χ0n) is 7.86. The summed E-state index contributed by atoms with van der Waals surface area (Å²) in [7, 11) is 2.17. The molecule has 13 heavy (non-hydrogen) atoms. The Morgan fingerprint density at radius 1 is 1.38 bits per heavy atom. The van der Waals surface area contributed by atoms with Gasteiger partial charge in [-0.25, -0.2) is 0 Å². The molecule has 2 heterocycles. The molecule has 0 saturated carbocycles. The Morgan fingerprint density at radius 2 is 2.23 bits per heavy atom. The van der Waals surface area contributed by atoms with Crippen molar-refractivity contribution in [3.63, 3.8) is 0 Å². The maximum Gasteiger partial charge on any atom is 0.300 e. The minimum absolute atomic E-state index is 0.332. The van der Waals surface area contributed by atoms with E-state index in [2.05, 4.69) is 31.3 Å². The summed E-state index contributed by atoms with van der Waals surface area (Å²) in [5.74, 6) is 0. The summed E-state index contributed by atoms with van der Waals surface area (Å²) in [6.45, 7) is 1.15. The second-order valence-electron chi connectivity index (χ2n) is 4.16. The maximum atomic E-state index is 5.71. The Balaban J connectivity index is 2.08. The number of hydrogen-bond acceptors (Lipinski definition) is 1. The molecule has 2 unspecified atom stereocenters. The number of nitrogens with zero attached hydrogens (tertiary/aromatic N) is 1. The normalized spacial score (nSPS) is 35.9. The number of hydroxylamine groups is 3. The van der Waals surface area contributed by atoms with Crippen LogP contribution in [0.3, 0.4) is 0 Å². The van der Waals surface area contributed by atoms with Crippen LogP contribution in [0.25, 0.3) is 0 Å². The summed E-state index contributed by atoms with van der Waals surface area (Å²) >= 11 is 0. The molecule has 0 aliphatic carbocycles. The Labute approximate surface area is 78.3 Å². The van der Waals surface area contributed by atoms with E-state index in [-0.39, 0.29) is 0 Å². The van der Waals surface area contributed by atoms with Crippen molar-refractivity contribution in [1.29, 1.82) is 0 Å². The molecule has 0 aromatic heterocycles. The standard InChI is InChI=1S/C11H14NO/c1-12-8-4-6-9-5-2-3-7-10(9)11(12)13-12/h2-3,5,7,11H,4,6,8H2,1H3/q+1. The van der Waals surface area contributed by atoms with Crippen molar-refractivity contribution in [2.45, 2.75) is 19.1 Å². The van der Waals surface area contributed by atoms with E-state index >= 15 is 0 Å². The predicted octanol–water partition coefficient (Wildman–Crippen LogP) is 2.02. The molecule has 0 radical (unpaired) electrons. The van der Waals surface area contributed by atoms with Gasteiger partial charge >= 0.3 is 0 Å². The van der Waals surface area contributed by atoms with Gasteiger partial charge in [-0.05, 0) is 18.1 Å². The molecule has 0 bridgehead atoms. The fourth-order valence-corrected chi connectivity index (χ4v) is 2.31. The van der Waals surface area contributed by atoms with Crippen LogP contribution in [0, 0.1) is 0 Å². The van der Waals surface area contributed by atoms with Crippen molar-refractivity contribution in [2.24, 2.45) is 0 Å². The molecular formula is C11H14NO+. The summed E-state index contributed by atoms with van der Waals surface area (Å²) < 4.78 is 0.803. The molecule has 1 fully saturated rings. The minimum Gasteiger partial charge on any atom is -0.142 e. The molecule has 2 heteroatoms. The van der Waals surface area contributed by atoms with Gasteiger partial charge in [-0.3, -0.25) is 0 Å². The molecule has 2 aliphatic rings. The van der Waals surface area contributed by atoms with Crippen LogP contribution in [0.5, 0.6) is 0 Å². The van der Waals surface area contributed by atoms with Crippen molar-refractivity contribution < 1.29 is 9.48 Å². The minimum atomic E-state index is 0.332. The topological polar surface area (TPSA) is 12.5 Å². The average molecular weight is 176 g/mol. The summed E-state index contributed by atoms with van der Waals surface area (Å²) in [4.78, 5) is 5.71. The van der Waals surface area contributed by atoms with Crippen molar-refractivity contribution in [1.82, 2.24) is 0 Å². The SMILES string of the molecule is C[N+]12CCCc3ccccc3C1O2. The first-order chi connectivity index (χ1) is 6.30. The summed E-state index contributed by atoms with van der Waals surface area (Å²) in [5, 5.41) is 0. The number of aryl methyl sites for hydroxylation is 1. The molecule has 2 atom stereocenters. The van der Waals surface area contributed by atoms with Crippen molar-refractivity contribution in [3.05, 3.63) is 35.4 Å². The van der Waals surface area contributed by atoms with Crippen molar-refractivity contribution in [2.75, 3.05) is 13.6 Å². The Bertz CT molecular complexity index is 350. The molecule has 1 aromatic rings. The molecular weight excluding hydrogens is 162 g/mol. The molecule has 1 aromatic carbocycles. The van der Waals surface area contributed by atoms with Crippen LogP contribution in [0.2, 0.25) is 0 Å². The lowest BCUT2D eigenvalue weighted by Crippen LogP contribution is -2.20. The third-order valence-corrected chi connectivity index (χ3v) is 3.16. The van der Waals surface area contributed by atoms with E-state index < -0.39 is 0 Å². The molecule has 0 N–H and O–H groups in total. The molecule has 1 saturated heterocycles. The van der Waals surface area contributed by atoms with Gasteiger partial charge in [0.1, 0.15) is 13.6 Å². The summed E-state index contributed by atoms with van der Waals surface area (Å²) in [5.41, 5.74) is 2.88. The van der Waals surface area contributed by atoms with Crippen LogP contribution in [-0.4, -0.2) is 18.2 Å². The maximum absolute atomic E-state index is 5.71. The van der Waals surface area contributed by atoms with E-state index in [1.54, 1.807) is 0 Å². The van der Waals surface area contributed by atoms with E-state index in [9.17, 15) is 0 Å². The predicted molar refractivity (Wildman–Crippen MR) is 49.6 cm³/mol. The lowest BCUT2D eigenvalue weighted by molar-refractivity contribution is -0.905. The quantitative estimate of drug-likeness (QED) is 0.435. The van der Waals surface area contributed by atoms with Gasteiger partial charge < -0.3 is 0 Å². The molecule has 2 aliphatic heterocycles. The van der Waals surface area contributed by atoms with Crippen LogP contribution in [-0.2, 0) is 11.3 Å². The summed E-state index contributed by atoms with van der Waals surface area (Å²) in [6.07, 6.45) is 2.78. The van der Waals surface area contributed by atoms with Crippen LogP contribution >= 0.6 is 0 Å². The lowest BCUT2D eigenvalue weighted by Gasteiger charge is -2.01. The van der Waals surface area contributed by atoms with Crippen LogP contribution in [0.4, 0.5) is 0 Å². The van der Waals surface area contributed by atoms with Gasteiger partial charge in [-0.2, -0.15) is 0 Å². The highest BCUT2D eigenvalue weighted by Gasteiger charge is 2.57. The Kier molecular flexibility index (Phi) is 1.35.